The van der Waals surface area contributed by atoms with Crippen LogP contribution < -0.4 is 10.5 Å². The van der Waals surface area contributed by atoms with Crippen molar-refractivity contribution in [3.05, 3.63) is 0 Å². The second kappa shape index (κ2) is 6.13. The van der Waals surface area contributed by atoms with E-state index in [1.165, 1.54) is 4.31 Å². The maximum Gasteiger partial charge on any atom is 0.279 e. The number of nitrogens with zero attached hydrogens (tertiary/aromatic N) is 1. The molecule has 6 heteroatoms. The Bertz CT molecular complexity index is 322. The van der Waals surface area contributed by atoms with Crippen LogP contribution in [0.1, 0.15) is 33.6 Å². The molecular formula is C11H25N3O2S. The highest BCUT2D eigenvalue weighted by Gasteiger charge is 2.26. The first-order chi connectivity index (χ1) is 7.83. The highest BCUT2D eigenvalue weighted by molar-refractivity contribution is 7.87. The third-order valence-electron chi connectivity index (χ3n) is 3.44. The predicted molar refractivity (Wildman–Crippen MR) is 69.7 cm³/mol. The van der Waals surface area contributed by atoms with Crippen LogP contribution in [-0.4, -0.2) is 38.4 Å². The molecule has 1 heterocycles. The minimum atomic E-state index is -3.33. The first kappa shape index (κ1) is 14.9. The van der Waals surface area contributed by atoms with Crippen LogP contribution >= 0.6 is 0 Å². The lowest BCUT2D eigenvalue weighted by molar-refractivity contribution is 0.284. The van der Waals surface area contributed by atoms with Crippen LogP contribution in [0.3, 0.4) is 0 Å². The van der Waals surface area contributed by atoms with Crippen molar-refractivity contribution in [2.45, 2.75) is 39.7 Å². The van der Waals surface area contributed by atoms with Gasteiger partial charge in [0.05, 0.1) is 0 Å². The molecular weight excluding hydrogens is 238 g/mol. The fourth-order valence-corrected chi connectivity index (χ4v) is 3.03. The van der Waals surface area contributed by atoms with Crippen molar-refractivity contribution in [1.29, 1.82) is 0 Å². The molecule has 1 unspecified atom stereocenters. The highest BCUT2D eigenvalue weighted by Crippen LogP contribution is 2.17. The molecule has 0 aliphatic carbocycles. The van der Waals surface area contributed by atoms with Gasteiger partial charge in [-0.25, -0.2) is 4.72 Å². The molecule has 5 nitrogen and oxygen atoms in total. The van der Waals surface area contributed by atoms with E-state index < -0.39 is 10.2 Å². The van der Waals surface area contributed by atoms with E-state index in [0.29, 0.717) is 25.6 Å². The van der Waals surface area contributed by atoms with Crippen molar-refractivity contribution in [2.24, 2.45) is 17.6 Å². The molecule has 1 atom stereocenters. The van der Waals surface area contributed by atoms with Gasteiger partial charge in [0.25, 0.3) is 10.2 Å². The monoisotopic (exact) mass is 263 g/mol. The average molecular weight is 263 g/mol. The number of nitrogens with two attached hydrogens (primary N) is 1. The number of nitrogens with one attached hydrogen (secondary N) is 1. The fraction of sp³-hybridized carbons (Fsp3) is 1.00. The van der Waals surface area contributed by atoms with Crippen LogP contribution in [0.2, 0.25) is 0 Å². The van der Waals surface area contributed by atoms with E-state index in [4.69, 9.17) is 5.73 Å². The van der Waals surface area contributed by atoms with Crippen LogP contribution in [0.4, 0.5) is 0 Å². The highest BCUT2D eigenvalue weighted by atomic mass is 32.2. The zero-order valence-electron chi connectivity index (χ0n) is 11.0. The van der Waals surface area contributed by atoms with Gasteiger partial charge in [0.2, 0.25) is 0 Å². The average Bonchev–Trinajstić information content (AvgIpc) is 2.26. The molecule has 1 saturated heterocycles. The molecule has 0 aromatic carbocycles. The second-order valence-corrected chi connectivity index (χ2v) is 7.10. The lowest BCUT2D eigenvalue weighted by atomic mass is 10.0. The minimum Gasteiger partial charge on any atom is -0.326 e. The molecule has 1 rings (SSSR count). The van der Waals surface area contributed by atoms with E-state index in [1.54, 1.807) is 0 Å². The number of piperidine rings is 1. The molecule has 3 N–H and O–H groups in total. The zero-order chi connectivity index (χ0) is 13.1. The van der Waals surface area contributed by atoms with Gasteiger partial charge in [0.1, 0.15) is 0 Å². The molecule has 1 aliphatic rings. The number of hydrogen-bond donors (Lipinski definition) is 2. The van der Waals surface area contributed by atoms with Gasteiger partial charge in [-0.3, -0.25) is 0 Å². The molecule has 0 aromatic heterocycles. The molecule has 0 saturated carbocycles. The number of hydrogen-bond acceptors (Lipinski definition) is 3. The lowest BCUT2D eigenvalue weighted by Gasteiger charge is -2.30. The number of rotatable bonds is 5. The Kier molecular flexibility index (Phi) is 5.37. The van der Waals surface area contributed by atoms with Gasteiger partial charge in [-0.2, -0.15) is 12.7 Å². The standard InChI is InChI=1S/C11H25N3O2S/c1-9(2)11(12)8-13-17(15,16)14-6-4-10(3)5-7-14/h9-11,13H,4-8,12H2,1-3H3. The Morgan fingerprint density at radius 3 is 2.35 bits per heavy atom. The summed E-state index contributed by atoms with van der Waals surface area (Å²) in [5.41, 5.74) is 5.83. The van der Waals surface area contributed by atoms with Crippen molar-refractivity contribution in [1.82, 2.24) is 9.03 Å². The Morgan fingerprint density at radius 1 is 1.35 bits per heavy atom. The Balaban J connectivity index is 2.46. The Morgan fingerprint density at radius 2 is 1.88 bits per heavy atom. The Labute approximate surface area is 105 Å². The third kappa shape index (κ3) is 4.54. The van der Waals surface area contributed by atoms with E-state index in [0.717, 1.165) is 12.8 Å². The first-order valence-corrected chi connectivity index (χ1v) is 7.77. The van der Waals surface area contributed by atoms with Gasteiger partial charge in [0, 0.05) is 25.7 Å². The second-order valence-electron chi connectivity index (χ2n) is 5.34. The van der Waals surface area contributed by atoms with E-state index in [2.05, 4.69) is 11.6 Å². The quantitative estimate of drug-likeness (QED) is 0.760. The summed E-state index contributed by atoms with van der Waals surface area (Å²) in [7, 11) is -3.33. The van der Waals surface area contributed by atoms with E-state index >= 15 is 0 Å². The summed E-state index contributed by atoms with van der Waals surface area (Å²) in [6.07, 6.45) is 1.88. The molecule has 0 bridgehead atoms. The molecule has 0 radical (unpaired) electrons. The molecule has 0 amide bonds. The summed E-state index contributed by atoms with van der Waals surface area (Å²) in [5, 5.41) is 0. The van der Waals surface area contributed by atoms with Crippen LogP contribution in [0, 0.1) is 11.8 Å². The topological polar surface area (TPSA) is 75.4 Å². The summed E-state index contributed by atoms with van der Waals surface area (Å²) < 4.78 is 28.1. The first-order valence-electron chi connectivity index (χ1n) is 6.33. The van der Waals surface area contributed by atoms with Gasteiger partial charge in [-0.05, 0) is 24.7 Å². The summed E-state index contributed by atoms with van der Waals surface area (Å²) in [4.78, 5) is 0. The van der Waals surface area contributed by atoms with Crippen molar-refractivity contribution in [3.8, 4) is 0 Å². The smallest absolute Gasteiger partial charge is 0.279 e. The van der Waals surface area contributed by atoms with Crippen molar-refractivity contribution < 1.29 is 8.42 Å². The van der Waals surface area contributed by atoms with Crippen molar-refractivity contribution >= 4 is 10.2 Å². The maximum atomic E-state index is 12.0. The van der Waals surface area contributed by atoms with Crippen molar-refractivity contribution in [3.63, 3.8) is 0 Å². The fourth-order valence-electron chi connectivity index (χ4n) is 1.75. The third-order valence-corrected chi connectivity index (χ3v) is 5.02. The molecule has 0 spiro atoms. The van der Waals surface area contributed by atoms with Crippen LogP contribution in [0.5, 0.6) is 0 Å². The van der Waals surface area contributed by atoms with E-state index in [9.17, 15) is 8.42 Å². The molecule has 1 fully saturated rings. The van der Waals surface area contributed by atoms with Gasteiger partial charge in [-0.1, -0.05) is 20.8 Å². The van der Waals surface area contributed by atoms with Crippen molar-refractivity contribution in [2.75, 3.05) is 19.6 Å². The zero-order valence-corrected chi connectivity index (χ0v) is 11.8. The molecule has 102 valence electrons. The predicted octanol–water partition coefficient (Wildman–Crippen LogP) is 0.536. The lowest BCUT2D eigenvalue weighted by Crippen LogP contribution is -2.48. The largest absolute Gasteiger partial charge is 0.326 e. The van der Waals surface area contributed by atoms with Gasteiger partial charge >= 0.3 is 0 Å². The molecule has 1 aliphatic heterocycles. The molecule has 17 heavy (non-hydrogen) atoms. The Hall–Kier alpha value is -0.170. The summed E-state index contributed by atoms with van der Waals surface area (Å²) >= 11 is 0. The van der Waals surface area contributed by atoms with Crippen LogP contribution in [0.25, 0.3) is 0 Å². The summed E-state index contributed by atoms with van der Waals surface area (Å²) in [6.45, 7) is 7.68. The van der Waals surface area contributed by atoms with Gasteiger partial charge < -0.3 is 5.73 Å². The normalized spacial score (nSPS) is 21.9. The van der Waals surface area contributed by atoms with Gasteiger partial charge in [-0.15, -0.1) is 0 Å². The van der Waals surface area contributed by atoms with E-state index in [1.807, 2.05) is 13.8 Å². The summed E-state index contributed by atoms with van der Waals surface area (Å²) in [6, 6.07) is -0.131. The minimum absolute atomic E-state index is 0.131. The maximum absolute atomic E-state index is 12.0. The molecule has 0 aromatic rings. The van der Waals surface area contributed by atoms with Gasteiger partial charge in [0.15, 0.2) is 0 Å². The van der Waals surface area contributed by atoms with Crippen LogP contribution in [-0.2, 0) is 10.2 Å². The summed E-state index contributed by atoms with van der Waals surface area (Å²) in [5.74, 6) is 0.901. The van der Waals surface area contributed by atoms with E-state index in [-0.39, 0.29) is 12.0 Å². The van der Waals surface area contributed by atoms with Crippen LogP contribution in [0.15, 0.2) is 0 Å². The SMILES string of the molecule is CC1CCN(S(=O)(=O)NCC(N)C(C)C)CC1.